The molecule has 0 bridgehead atoms. The second kappa shape index (κ2) is 13.4. The minimum atomic E-state index is -2.17. The van der Waals surface area contributed by atoms with Gasteiger partial charge in [0.2, 0.25) is 0 Å². The summed E-state index contributed by atoms with van der Waals surface area (Å²) in [4.78, 5) is 0. The van der Waals surface area contributed by atoms with Crippen molar-refractivity contribution in [3.8, 4) is 0 Å². The summed E-state index contributed by atoms with van der Waals surface area (Å²) in [6.45, 7) is 11.9. The maximum Gasteiger partial charge on any atom is -0.147 e. The van der Waals surface area contributed by atoms with E-state index in [9.17, 15) is 0 Å². The van der Waals surface area contributed by atoms with E-state index in [1.807, 2.05) is 6.56 Å². The van der Waals surface area contributed by atoms with Gasteiger partial charge in [-0.2, -0.15) is 0 Å². The topological polar surface area (TPSA) is 0 Å². The summed E-state index contributed by atoms with van der Waals surface area (Å²) in [7, 11) is 0. The van der Waals surface area contributed by atoms with E-state index >= 15 is 0 Å². The quantitative estimate of drug-likeness (QED) is 0.278. The monoisotopic (exact) mass is 587 g/mol. The van der Waals surface area contributed by atoms with Gasteiger partial charge in [0.15, 0.2) is 0 Å². The summed E-state index contributed by atoms with van der Waals surface area (Å²) in [6.07, 6.45) is 13.4. The number of benzene rings is 2. The van der Waals surface area contributed by atoms with Crippen LogP contribution in [0.2, 0.25) is 0 Å². The first-order chi connectivity index (χ1) is 15.6. The first kappa shape index (κ1) is 29.3. The largest absolute Gasteiger partial charge is 0.147 e. The van der Waals surface area contributed by atoms with Crippen molar-refractivity contribution in [2.24, 2.45) is 0 Å². The number of hydrogen-bond donors (Lipinski definition) is 0. The van der Waals surface area contributed by atoms with Gasteiger partial charge in [0, 0.05) is 0 Å². The predicted octanol–water partition coefficient (Wildman–Crippen LogP) is 7.63. The van der Waals surface area contributed by atoms with Gasteiger partial charge < -0.3 is 0 Å². The Hall–Kier alpha value is -0.920. The van der Waals surface area contributed by atoms with Gasteiger partial charge in [-0.1, -0.05) is 0 Å². The van der Waals surface area contributed by atoms with Gasteiger partial charge in [0.1, 0.15) is 0 Å². The summed E-state index contributed by atoms with van der Waals surface area (Å²) in [6, 6.07) is 18.7. The average Bonchev–Trinajstić information content (AvgIpc) is 3.46. The van der Waals surface area contributed by atoms with Crippen LogP contribution in [0.1, 0.15) is 64.0 Å². The molecule has 0 spiro atoms. The van der Waals surface area contributed by atoms with Gasteiger partial charge in [-0.25, -0.2) is 0 Å². The Morgan fingerprint density at radius 2 is 1.32 bits per heavy atom. The molecule has 0 nitrogen and oxygen atoms in total. The standard InChI is InChI=1S/C14H15Si.C11H17.C5H5.2ClH.Zr/c1-11-7-3-5-9-13(11)15-14-10-6-4-8-12(14)2;1-4-9-7-8-10(5-2)11(9)6-3;1-2-4-5-3-1;;;/h3-10,15H,1-2H3;4-7H2,1-3H3;1-3H,4H2;2*1H;. The summed E-state index contributed by atoms with van der Waals surface area (Å²) in [5.41, 5.74) is 8.25. The van der Waals surface area contributed by atoms with Crippen LogP contribution < -0.4 is 10.4 Å². The molecule has 2 aliphatic rings. The van der Waals surface area contributed by atoms with E-state index in [4.69, 9.17) is 0 Å². The Morgan fingerprint density at radius 3 is 1.76 bits per heavy atom. The molecule has 0 saturated carbocycles. The molecule has 34 heavy (non-hydrogen) atoms. The van der Waals surface area contributed by atoms with Crippen LogP contribution in [0.5, 0.6) is 0 Å². The van der Waals surface area contributed by atoms with Crippen molar-refractivity contribution in [2.45, 2.75) is 66.7 Å². The fourth-order valence-corrected chi connectivity index (χ4v) is 31.8. The van der Waals surface area contributed by atoms with Gasteiger partial charge >= 0.3 is 205 Å². The first-order valence-corrected chi connectivity index (χ1v) is 20.8. The fourth-order valence-electron chi connectivity index (χ4n) is 5.81. The van der Waals surface area contributed by atoms with Crippen molar-refractivity contribution >= 4 is 41.1 Å². The molecule has 0 radical (unpaired) electrons. The molecule has 0 N–H and O–H groups in total. The number of rotatable bonds is 8. The molecular weight excluding hydrogens is 551 g/mol. The Kier molecular flexibility index (Phi) is 11.6. The molecule has 0 heterocycles. The SMILES string of the molecule is CCC1=C(CC)C(CC)=[C]([Zr]([C]2=CC=CC2)[SiH](c2ccccc2C)c2ccccc2C)C1.Cl.Cl. The van der Waals surface area contributed by atoms with E-state index in [-0.39, 0.29) is 24.8 Å². The van der Waals surface area contributed by atoms with E-state index < -0.39 is 26.8 Å². The molecule has 0 saturated heterocycles. The molecule has 0 fully saturated rings. The van der Waals surface area contributed by atoms with E-state index in [0.29, 0.717) is 0 Å². The molecule has 0 aliphatic heterocycles. The third-order valence-electron chi connectivity index (χ3n) is 7.41. The van der Waals surface area contributed by atoms with E-state index in [1.165, 1.54) is 43.2 Å². The zero-order valence-corrected chi connectivity index (χ0v) is 26.5. The molecule has 4 heteroatoms. The molecular formula is C30H39Cl2SiZr. The Bertz CT molecular complexity index is 1080. The molecule has 2 aliphatic carbocycles. The van der Waals surface area contributed by atoms with Crippen LogP contribution in [0, 0.1) is 13.8 Å². The van der Waals surface area contributed by atoms with Crippen molar-refractivity contribution in [1.82, 2.24) is 0 Å². The van der Waals surface area contributed by atoms with Crippen LogP contribution in [0.3, 0.4) is 0 Å². The fraction of sp³-hybridized carbons (Fsp3) is 0.333. The zero-order chi connectivity index (χ0) is 22.7. The Morgan fingerprint density at radius 1 is 0.765 bits per heavy atom. The van der Waals surface area contributed by atoms with Gasteiger partial charge in [-0.3, -0.25) is 0 Å². The molecule has 2 aromatic carbocycles. The smallest absolute Gasteiger partial charge is 0.147 e. The second-order valence-corrected chi connectivity index (χ2v) is 24.0. The number of allylic oxidation sites excluding steroid dienone is 8. The minimum Gasteiger partial charge on any atom is -0.147 e. The van der Waals surface area contributed by atoms with Gasteiger partial charge in [0.25, 0.3) is 0 Å². The van der Waals surface area contributed by atoms with Gasteiger partial charge in [-0.15, -0.1) is 24.8 Å². The summed E-state index contributed by atoms with van der Waals surface area (Å²) in [5, 5.41) is 3.41. The first-order valence-electron chi connectivity index (χ1n) is 12.4. The summed E-state index contributed by atoms with van der Waals surface area (Å²) < 4.78 is 3.78. The number of halogens is 2. The molecule has 2 aromatic rings. The minimum absolute atomic E-state index is 0. The van der Waals surface area contributed by atoms with Crippen LogP contribution in [-0.2, 0) is 20.9 Å². The van der Waals surface area contributed by atoms with E-state index in [2.05, 4.69) is 101 Å². The second-order valence-electron chi connectivity index (χ2n) is 9.16. The molecule has 4 rings (SSSR count). The van der Waals surface area contributed by atoms with Gasteiger partial charge in [-0.05, 0) is 0 Å². The summed E-state index contributed by atoms with van der Waals surface area (Å²) >= 11 is -2.17. The molecule has 0 unspecified atom stereocenters. The average molecular weight is 590 g/mol. The van der Waals surface area contributed by atoms with Crippen molar-refractivity contribution in [2.75, 3.05) is 0 Å². The van der Waals surface area contributed by atoms with Crippen molar-refractivity contribution in [1.29, 1.82) is 0 Å². The van der Waals surface area contributed by atoms with Crippen LogP contribution >= 0.6 is 24.8 Å². The summed E-state index contributed by atoms with van der Waals surface area (Å²) in [5.74, 6) is -1.38. The van der Waals surface area contributed by atoms with Crippen molar-refractivity contribution in [3.05, 3.63) is 101 Å². The van der Waals surface area contributed by atoms with Crippen LogP contribution in [0.15, 0.2) is 90.0 Å². The Labute approximate surface area is 228 Å². The van der Waals surface area contributed by atoms with Crippen LogP contribution in [0.25, 0.3) is 0 Å². The predicted molar refractivity (Wildman–Crippen MR) is 155 cm³/mol. The van der Waals surface area contributed by atoms with Crippen molar-refractivity contribution in [3.63, 3.8) is 0 Å². The molecule has 0 amide bonds. The molecule has 0 aromatic heterocycles. The Balaban J connectivity index is 0.00000204. The normalized spacial score (nSPS) is 14.9. The van der Waals surface area contributed by atoms with Gasteiger partial charge in [0.05, 0.1) is 0 Å². The van der Waals surface area contributed by atoms with E-state index in [0.717, 1.165) is 0 Å². The number of aryl methyl sites for hydroxylation is 2. The van der Waals surface area contributed by atoms with Crippen LogP contribution in [0.4, 0.5) is 0 Å². The molecule has 181 valence electrons. The van der Waals surface area contributed by atoms with E-state index in [1.54, 1.807) is 27.1 Å². The zero-order valence-electron chi connectivity index (χ0n) is 21.3. The maximum absolute atomic E-state index is 2.53. The third-order valence-corrected chi connectivity index (χ3v) is 29.0. The number of hydrogen-bond acceptors (Lipinski definition) is 0. The molecule has 0 atom stereocenters. The third kappa shape index (κ3) is 5.73. The maximum atomic E-state index is 2.53. The van der Waals surface area contributed by atoms with Crippen molar-refractivity contribution < 1.29 is 20.9 Å². The van der Waals surface area contributed by atoms with Crippen LogP contribution in [-0.4, -0.2) is 5.92 Å².